The monoisotopic (exact) mass is 501 g/mol. The Balaban J connectivity index is 1.44. The third-order valence-electron chi connectivity index (χ3n) is 4.14. The molecule has 0 aliphatic rings. The predicted octanol–water partition coefficient (Wildman–Crippen LogP) is 1.99. The molecule has 6 heteroatoms. The van der Waals surface area contributed by atoms with Gasteiger partial charge in [0.15, 0.2) is 12.3 Å². The first kappa shape index (κ1) is 18.9. The Morgan fingerprint density at radius 3 is 2.36 bits per heavy atom. The highest BCUT2D eigenvalue weighted by atomic mass is 127. The molecule has 1 aromatic heterocycles. The number of anilines is 1. The number of carbonyl (C=O) groups excluding carboxylic acids is 1. The molecule has 140 valence electrons. The van der Waals surface area contributed by atoms with Crippen molar-refractivity contribution in [1.82, 2.24) is 4.98 Å². The largest absolute Gasteiger partial charge is 0.497 e. The molecule has 4 aromatic rings. The average Bonchev–Trinajstić information content (AvgIpc) is 3.10. The molecule has 0 spiro atoms. The van der Waals surface area contributed by atoms with Gasteiger partial charge in [-0.15, -0.1) is 0 Å². The molecule has 3 aromatic carbocycles. The fraction of sp³-hybridized carbons (Fsp3) is 0.0909. The molecule has 0 saturated heterocycles. The lowest BCUT2D eigenvalue weighted by Crippen LogP contribution is -3.61. The van der Waals surface area contributed by atoms with E-state index in [2.05, 4.69) is 28.5 Å². The van der Waals surface area contributed by atoms with Crippen molar-refractivity contribution in [3.8, 4) is 5.75 Å². The SMILES string of the molecule is COc1ccc([I+]c2ccc(C(=O)Nc3nc4ccc(C)cc4s3)cc2)cc1. The van der Waals surface area contributed by atoms with E-state index in [4.69, 9.17) is 4.74 Å². The van der Waals surface area contributed by atoms with Gasteiger partial charge in [0, 0.05) is 5.56 Å². The molecule has 0 radical (unpaired) electrons. The van der Waals surface area contributed by atoms with Crippen LogP contribution >= 0.6 is 11.3 Å². The summed E-state index contributed by atoms with van der Waals surface area (Å²) in [6.07, 6.45) is 0. The van der Waals surface area contributed by atoms with Gasteiger partial charge in [0.25, 0.3) is 5.91 Å². The summed E-state index contributed by atoms with van der Waals surface area (Å²) in [4.78, 5) is 17.0. The average molecular weight is 501 g/mol. The van der Waals surface area contributed by atoms with Gasteiger partial charge in [-0.2, -0.15) is 0 Å². The Morgan fingerprint density at radius 2 is 1.68 bits per heavy atom. The van der Waals surface area contributed by atoms with Gasteiger partial charge in [-0.1, -0.05) is 17.4 Å². The number of rotatable bonds is 5. The van der Waals surface area contributed by atoms with Crippen LogP contribution in [0.15, 0.2) is 66.7 Å². The van der Waals surface area contributed by atoms with Crippen LogP contribution in [0.4, 0.5) is 5.13 Å². The van der Waals surface area contributed by atoms with Crippen molar-refractivity contribution in [2.24, 2.45) is 0 Å². The summed E-state index contributed by atoms with van der Waals surface area (Å²) >= 11 is 1.21. The maximum Gasteiger partial charge on any atom is 0.357 e. The summed E-state index contributed by atoms with van der Waals surface area (Å²) in [5.74, 6) is 0.731. The summed E-state index contributed by atoms with van der Waals surface area (Å²) in [6, 6.07) is 22.1. The van der Waals surface area contributed by atoms with E-state index in [0.29, 0.717) is 10.7 Å². The minimum absolute atomic E-state index is 0.134. The van der Waals surface area contributed by atoms with E-state index in [1.807, 2.05) is 55.5 Å². The van der Waals surface area contributed by atoms with E-state index < -0.39 is 0 Å². The van der Waals surface area contributed by atoms with Crippen LogP contribution in [0.5, 0.6) is 5.75 Å². The summed E-state index contributed by atoms with van der Waals surface area (Å²) in [5, 5.41) is 3.54. The number of hydrogen-bond acceptors (Lipinski definition) is 4. The molecule has 4 rings (SSSR count). The molecule has 1 N–H and O–H groups in total. The van der Waals surface area contributed by atoms with Crippen molar-refractivity contribution >= 4 is 32.6 Å². The highest BCUT2D eigenvalue weighted by Gasteiger charge is 2.17. The smallest absolute Gasteiger partial charge is 0.357 e. The zero-order valence-electron chi connectivity index (χ0n) is 15.4. The van der Waals surface area contributed by atoms with Gasteiger partial charge in [0.2, 0.25) is 0 Å². The highest BCUT2D eigenvalue weighted by molar-refractivity contribution is 7.22. The number of ether oxygens (including phenoxy) is 1. The first-order chi connectivity index (χ1) is 13.6. The van der Waals surface area contributed by atoms with Crippen LogP contribution in [-0.4, -0.2) is 18.0 Å². The standard InChI is InChI=1S/C22H17IN2O2S/c1-14-3-12-19-20(13-14)28-22(24-19)25-21(26)15-4-6-16(7-5-15)23-17-8-10-18(27-2)11-9-17/h3-13H,1-2H3/p+1. The second-order valence-electron chi connectivity index (χ2n) is 6.20. The third-order valence-corrected chi connectivity index (χ3v) is 7.76. The van der Waals surface area contributed by atoms with Crippen LogP contribution in [0.3, 0.4) is 0 Å². The van der Waals surface area contributed by atoms with Gasteiger partial charge in [-0.3, -0.25) is 10.1 Å². The quantitative estimate of drug-likeness (QED) is 0.426. The normalized spacial score (nSPS) is 10.8. The van der Waals surface area contributed by atoms with Crippen LogP contribution in [0, 0.1) is 14.1 Å². The van der Waals surface area contributed by atoms with Gasteiger partial charge in [-0.05, 0) is 73.2 Å². The number of halogens is 1. The molecule has 0 saturated carbocycles. The number of carbonyl (C=O) groups is 1. The third kappa shape index (κ3) is 4.34. The maximum absolute atomic E-state index is 12.5. The van der Waals surface area contributed by atoms with E-state index in [0.717, 1.165) is 16.0 Å². The minimum Gasteiger partial charge on any atom is -0.497 e. The lowest BCUT2D eigenvalue weighted by molar-refractivity contribution is -0.597. The number of methoxy groups -OCH3 is 1. The molecule has 0 fully saturated rings. The van der Waals surface area contributed by atoms with Crippen molar-refractivity contribution in [3.05, 3.63) is 85.0 Å². The van der Waals surface area contributed by atoms with E-state index in [-0.39, 0.29) is 27.1 Å². The number of aromatic nitrogens is 1. The molecule has 0 atom stereocenters. The summed E-state index contributed by atoms with van der Waals surface area (Å²) in [5.41, 5.74) is 2.73. The van der Waals surface area contributed by atoms with E-state index >= 15 is 0 Å². The molecule has 0 bridgehead atoms. The summed E-state index contributed by atoms with van der Waals surface area (Å²) in [6.45, 7) is 2.05. The van der Waals surface area contributed by atoms with Gasteiger partial charge in [0.05, 0.1) is 17.3 Å². The van der Waals surface area contributed by atoms with Crippen molar-refractivity contribution in [2.45, 2.75) is 6.92 Å². The summed E-state index contributed by atoms with van der Waals surface area (Å²) < 4.78 is 8.84. The molecular weight excluding hydrogens is 483 g/mol. The Bertz CT molecular complexity index is 1120. The minimum atomic E-state index is -0.286. The fourth-order valence-corrected chi connectivity index (χ4v) is 5.80. The van der Waals surface area contributed by atoms with Crippen molar-refractivity contribution in [1.29, 1.82) is 0 Å². The second-order valence-corrected chi connectivity index (χ2v) is 10.3. The van der Waals surface area contributed by atoms with Gasteiger partial charge in [-0.25, -0.2) is 4.98 Å². The number of hydrogen-bond donors (Lipinski definition) is 1. The molecule has 28 heavy (non-hydrogen) atoms. The molecule has 1 amide bonds. The van der Waals surface area contributed by atoms with Crippen molar-refractivity contribution < 1.29 is 30.7 Å². The number of amides is 1. The van der Waals surface area contributed by atoms with Crippen molar-refractivity contribution in [2.75, 3.05) is 12.4 Å². The van der Waals surface area contributed by atoms with Gasteiger partial charge < -0.3 is 4.74 Å². The van der Waals surface area contributed by atoms with E-state index in [9.17, 15) is 4.79 Å². The maximum atomic E-state index is 12.5. The van der Waals surface area contributed by atoms with Crippen LogP contribution in [0.25, 0.3) is 10.2 Å². The Labute approximate surface area is 177 Å². The first-order valence-corrected chi connectivity index (χ1v) is 11.7. The number of nitrogens with zero attached hydrogens (tertiary/aromatic N) is 1. The van der Waals surface area contributed by atoms with Crippen LogP contribution in [-0.2, 0) is 0 Å². The number of fused-ring (bicyclic) bond motifs is 1. The van der Waals surface area contributed by atoms with Crippen LogP contribution < -0.4 is 31.3 Å². The van der Waals surface area contributed by atoms with E-state index in [1.54, 1.807) is 7.11 Å². The zero-order valence-corrected chi connectivity index (χ0v) is 18.4. The Kier molecular flexibility index (Phi) is 5.59. The predicted molar refractivity (Wildman–Crippen MR) is 109 cm³/mol. The number of aryl methyl sites for hydroxylation is 1. The van der Waals surface area contributed by atoms with Gasteiger partial charge in [0.1, 0.15) is 5.75 Å². The van der Waals surface area contributed by atoms with Crippen molar-refractivity contribution in [3.63, 3.8) is 0 Å². The molecule has 0 aliphatic heterocycles. The molecule has 4 nitrogen and oxygen atoms in total. The van der Waals surface area contributed by atoms with Crippen LogP contribution in [0.2, 0.25) is 0 Å². The topological polar surface area (TPSA) is 51.2 Å². The summed E-state index contributed by atoms with van der Waals surface area (Å²) in [7, 11) is 1.67. The number of benzene rings is 3. The molecular formula is C22H18IN2O2S+. The van der Waals surface area contributed by atoms with Gasteiger partial charge >= 0.3 is 21.2 Å². The second kappa shape index (κ2) is 8.28. The van der Waals surface area contributed by atoms with Crippen LogP contribution in [0.1, 0.15) is 15.9 Å². The zero-order chi connectivity index (χ0) is 19.5. The Morgan fingerprint density at radius 1 is 1.00 bits per heavy atom. The highest BCUT2D eigenvalue weighted by Crippen LogP contribution is 2.26. The fourth-order valence-electron chi connectivity index (χ4n) is 2.68. The van der Waals surface area contributed by atoms with E-state index in [1.165, 1.54) is 24.0 Å². The lowest BCUT2D eigenvalue weighted by Gasteiger charge is -2.00. The Hall–Kier alpha value is -2.45. The lowest BCUT2D eigenvalue weighted by atomic mass is 10.2. The molecule has 0 aliphatic carbocycles. The number of nitrogens with one attached hydrogen (secondary N) is 1. The number of thiazole rings is 1. The first-order valence-electron chi connectivity index (χ1n) is 8.68. The molecule has 0 unspecified atom stereocenters. The molecule has 1 heterocycles.